The molecule has 0 spiro atoms. The molecule has 0 radical (unpaired) electrons. The van der Waals surface area contributed by atoms with Gasteiger partial charge < -0.3 is 24.7 Å². The number of nitrogens with zero attached hydrogens (tertiary/aromatic N) is 1. The van der Waals surface area contributed by atoms with Crippen LogP contribution in [-0.2, 0) is 6.61 Å². The zero-order chi connectivity index (χ0) is 17.5. The fourth-order valence-corrected chi connectivity index (χ4v) is 3.06. The van der Waals surface area contributed by atoms with Gasteiger partial charge in [-0.1, -0.05) is 0 Å². The summed E-state index contributed by atoms with van der Waals surface area (Å²) in [7, 11) is 2.15. The van der Waals surface area contributed by atoms with E-state index >= 15 is 0 Å². The maximum Gasteiger partial charge on any atom is 0.319 e. The molecular formula is C19H25N3O3. The topological polar surface area (TPSA) is 66.7 Å². The minimum absolute atomic E-state index is 0.176. The minimum Gasteiger partial charge on any atom is -0.486 e. The molecule has 0 aliphatic carbocycles. The first kappa shape index (κ1) is 17.4. The Morgan fingerprint density at radius 2 is 2.16 bits per heavy atom. The number of carbonyl (C=O) groups excluding carboxylic acids is 1. The van der Waals surface area contributed by atoms with Crippen LogP contribution in [0.5, 0.6) is 5.75 Å². The molecule has 3 rings (SSSR count). The fourth-order valence-electron chi connectivity index (χ4n) is 3.06. The van der Waals surface area contributed by atoms with Gasteiger partial charge in [0.1, 0.15) is 18.1 Å². The maximum atomic E-state index is 12.0. The molecule has 0 unspecified atom stereocenters. The van der Waals surface area contributed by atoms with E-state index < -0.39 is 0 Å². The number of anilines is 1. The molecular weight excluding hydrogens is 318 g/mol. The average Bonchev–Trinajstić information content (AvgIpc) is 3.26. The molecule has 2 amide bonds. The van der Waals surface area contributed by atoms with Crippen molar-refractivity contribution in [3.05, 3.63) is 48.4 Å². The average molecular weight is 343 g/mol. The quantitative estimate of drug-likeness (QED) is 0.808. The van der Waals surface area contributed by atoms with Crippen molar-refractivity contribution in [1.82, 2.24) is 10.2 Å². The van der Waals surface area contributed by atoms with E-state index in [1.54, 1.807) is 6.26 Å². The molecule has 6 nitrogen and oxygen atoms in total. The summed E-state index contributed by atoms with van der Waals surface area (Å²) in [6.07, 6.45) is 5.08. The number of benzene rings is 1. The van der Waals surface area contributed by atoms with E-state index in [1.165, 1.54) is 12.8 Å². The summed E-state index contributed by atoms with van der Waals surface area (Å²) in [6, 6.07) is 11.4. The van der Waals surface area contributed by atoms with Crippen molar-refractivity contribution < 1.29 is 13.9 Å². The number of carbonyl (C=O) groups is 1. The number of furan rings is 1. The van der Waals surface area contributed by atoms with Gasteiger partial charge >= 0.3 is 6.03 Å². The molecule has 1 aromatic heterocycles. The third-order valence-corrected chi connectivity index (χ3v) is 4.51. The largest absolute Gasteiger partial charge is 0.486 e. The molecule has 2 heterocycles. The summed E-state index contributed by atoms with van der Waals surface area (Å²) in [5.41, 5.74) is 0.737. The number of likely N-dealkylation sites (tertiary alicyclic amines) is 1. The SMILES string of the molecule is CN1CCC[C@@H]1CCNC(=O)Nc1ccc(OCc2ccco2)cc1. The molecule has 1 saturated heterocycles. The number of hydrogen-bond donors (Lipinski definition) is 2. The molecule has 1 fully saturated rings. The van der Waals surface area contributed by atoms with Gasteiger partial charge in [0, 0.05) is 18.3 Å². The molecule has 2 N–H and O–H groups in total. The number of rotatable bonds is 7. The Morgan fingerprint density at radius 3 is 2.84 bits per heavy atom. The van der Waals surface area contributed by atoms with Crippen molar-refractivity contribution >= 4 is 11.7 Å². The standard InChI is InChI=1S/C19H25N3O3/c1-22-12-2-4-16(22)10-11-20-19(23)21-15-6-8-17(9-7-15)25-14-18-5-3-13-24-18/h3,5-9,13,16H,2,4,10-12,14H2,1H3,(H2,20,21,23)/t16-/m1/s1. The highest BCUT2D eigenvalue weighted by Gasteiger charge is 2.20. The molecule has 1 aliphatic rings. The monoisotopic (exact) mass is 343 g/mol. The number of ether oxygens (including phenoxy) is 1. The predicted molar refractivity (Wildman–Crippen MR) is 96.8 cm³/mol. The number of nitrogens with one attached hydrogen (secondary N) is 2. The summed E-state index contributed by atoms with van der Waals surface area (Å²) in [5, 5.41) is 5.75. The normalized spacial score (nSPS) is 17.4. The second-order valence-electron chi connectivity index (χ2n) is 6.34. The zero-order valence-corrected chi connectivity index (χ0v) is 14.5. The van der Waals surface area contributed by atoms with Crippen molar-refractivity contribution in [1.29, 1.82) is 0 Å². The van der Waals surface area contributed by atoms with Crippen molar-refractivity contribution in [2.24, 2.45) is 0 Å². The predicted octanol–water partition coefficient (Wildman–Crippen LogP) is 3.46. The molecule has 25 heavy (non-hydrogen) atoms. The van der Waals surface area contributed by atoms with Crippen LogP contribution in [0.4, 0.5) is 10.5 Å². The van der Waals surface area contributed by atoms with E-state index in [2.05, 4.69) is 22.6 Å². The van der Waals surface area contributed by atoms with Crippen LogP contribution in [0.25, 0.3) is 0 Å². The number of amides is 2. The summed E-state index contributed by atoms with van der Waals surface area (Å²) in [4.78, 5) is 14.3. The summed E-state index contributed by atoms with van der Waals surface area (Å²) in [6.45, 7) is 2.23. The van der Waals surface area contributed by atoms with E-state index in [9.17, 15) is 4.79 Å². The van der Waals surface area contributed by atoms with Crippen LogP contribution in [-0.4, -0.2) is 37.1 Å². The molecule has 2 aromatic rings. The lowest BCUT2D eigenvalue weighted by atomic mass is 10.1. The Balaban J connectivity index is 1.37. The highest BCUT2D eigenvalue weighted by molar-refractivity contribution is 5.89. The fraction of sp³-hybridized carbons (Fsp3) is 0.421. The van der Waals surface area contributed by atoms with Crippen molar-refractivity contribution in [3.63, 3.8) is 0 Å². The summed E-state index contributed by atoms with van der Waals surface area (Å²) >= 11 is 0. The third kappa shape index (κ3) is 5.26. The van der Waals surface area contributed by atoms with Gasteiger partial charge in [0.2, 0.25) is 0 Å². The Labute approximate surface area is 148 Å². The highest BCUT2D eigenvalue weighted by atomic mass is 16.5. The van der Waals surface area contributed by atoms with Gasteiger partial charge in [0.15, 0.2) is 0 Å². The van der Waals surface area contributed by atoms with Gasteiger partial charge in [-0.15, -0.1) is 0 Å². The number of hydrogen-bond acceptors (Lipinski definition) is 4. The van der Waals surface area contributed by atoms with E-state index in [0.717, 1.165) is 30.2 Å². The van der Waals surface area contributed by atoms with Gasteiger partial charge in [-0.2, -0.15) is 0 Å². The van der Waals surface area contributed by atoms with E-state index in [4.69, 9.17) is 9.15 Å². The van der Waals surface area contributed by atoms with Crippen molar-refractivity contribution in [2.75, 3.05) is 25.5 Å². The molecule has 0 bridgehead atoms. The molecule has 134 valence electrons. The highest BCUT2D eigenvalue weighted by Crippen LogP contribution is 2.18. The Kier molecular flexibility index (Phi) is 5.95. The van der Waals surface area contributed by atoms with Crippen LogP contribution in [0.15, 0.2) is 47.1 Å². The summed E-state index contributed by atoms with van der Waals surface area (Å²) in [5.74, 6) is 1.50. The van der Waals surface area contributed by atoms with Gasteiger partial charge in [0.05, 0.1) is 6.26 Å². The summed E-state index contributed by atoms with van der Waals surface area (Å²) < 4.78 is 10.8. The molecule has 1 aliphatic heterocycles. The molecule has 0 saturated carbocycles. The van der Waals surface area contributed by atoms with Crippen LogP contribution < -0.4 is 15.4 Å². The number of urea groups is 1. The molecule has 1 aromatic carbocycles. The first-order valence-corrected chi connectivity index (χ1v) is 8.71. The van der Waals surface area contributed by atoms with E-state index in [-0.39, 0.29) is 6.03 Å². The minimum atomic E-state index is -0.176. The lowest BCUT2D eigenvalue weighted by molar-refractivity contribution is 0.248. The van der Waals surface area contributed by atoms with Crippen LogP contribution in [0.2, 0.25) is 0 Å². The van der Waals surface area contributed by atoms with Gasteiger partial charge in [0.25, 0.3) is 0 Å². The van der Waals surface area contributed by atoms with Crippen LogP contribution in [0, 0.1) is 0 Å². The van der Waals surface area contributed by atoms with Gasteiger partial charge in [-0.25, -0.2) is 4.79 Å². The first-order valence-electron chi connectivity index (χ1n) is 8.71. The lowest BCUT2D eigenvalue weighted by Crippen LogP contribution is -2.34. The van der Waals surface area contributed by atoms with E-state index in [1.807, 2.05) is 36.4 Å². The van der Waals surface area contributed by atoms with Gasteiger partial charge in [-0.05, 0) is 69.3 Å². The van der Waals surface area contributed by atoms with Gasteiger partial charge in [-0.3, -0.25) is 0 Å². The van der Waals surface area contributed by atoms with E-state index in [0.29, 0.717) is 19.2 Å². The van der Waals surface area contributed by atoms with Crippen LogP contribution >= 0.6 is 0 Å². The molecule has 6 heteroatoms. The zero-order valence-electron chi connectivity index (χ0n) is 14.5. The second kappa shape index (κ2) is 8.58. The Hall–Kier alpha value is -2.47. The van der Waals surface area contributed by atoms with Crippen molar-refractivity contribution in [2.45, 2.75) is 31.9 Å². The Morgan fingerprint density at radius 1 is 1.32 bits per heavy atom. The van der Waals surface area contributed by atoms with Crippen molar-refractivity contribution in [3.8, 4) is 5.75 Å². The first-order chi connectivity index (χ1) is 12.2. The third-order valence-electron chi connectivity index (χ3n) is 4.51. The van der Waals surface area contributed by atoms with Crippen LogP contribution in [0.1, 0.15) is 25.0 Å². The van der Waals surface area contributed by atoms with Crippen LogP contribution in [0.3, 0.4) is 0 Å². The smallest absolute Gasteiger partial charge is 0.319 e. The second-order valence-corrected chi connectivity index (χ2v) is 6.34. The Bertz CT molecular complexity index is 655. The molecule has 1 atom stereocenters. The maximum absolute atomic E-state index is 12.0. The lowest BCUT2D eigenvalue weighted by Gasteiger charge is -2.19.